The highest BCUT2D eigenvalue weighted by atomic mass is 14.8. The second kappa shape index (κ2) is 7.99. The third-order valence-corrected chi connectivity index (χ3v) is 9.19. The molecule has 0 unspecified atom stereocenters. The minimum Gasteiger partial charge on any atom is -0.236 e. The number of hydrogen-bond donors (Lipinski definition) is 0. The molecule has 0 aliphatic carbocycles. The van der Waals surface area contributed by atoms with E-state index < -0.39 is 0 Å². The van der Waals surface area contributed by atoms with Crippen molar-refractivity contribution >= 4 is 75.7 Å². The Morgan fingerprint density at radius 2 is 0.857 bits per heavy atom. The normalized spacial score (nSPS) is 12.3. The lowest BCUT2D eigenvalue weighted by Gasteiger charge is -2.15. The van der Waals surface area contributed by atoms with E-state index >= 15 is 0 Å². The van der Waals surface area contributed by atoms with E-state index in [1.165, 1.54) is 70.2 Å². The van der Waals surface area contributed by atoms with Gasteiger partial charge in [0.15, 0.2) is 5.65 Å². The van der Waals surface area contributed by atoms with Crippen LogP contribution in [-0.2, 0) is 0 Å². The smallest absolute Gasteiger partial charge is 0.159 e. The maximum absolute atomic E-state index is 5.08. The van der Waals surface area contributed by atoms with Crippen molar-refractivity contribution in [3.05, 3.63) is 134 Å². The van der Waals surface area contributed by atoms with E-state index in [4.69, 9.17) is 9.97 Å². The van der Waals surface area contributed by atoms with Crippen LogP contribution >= 0.6 is 0 Å². The SMILES string of the molecule is c1cc2ccc3ccc(-c4cnc5nc(-c6ccc7ccc8cccc9ccc6c7c89)ccc5c4)c4ccc(c1)c2c34. The molecule has 0 radical (unpaired) electrons. The van der Waals surface area contributed by atoms with Crippen LogP contribution in [0, 0.1) is 0 Å². The van der Waals surface area contributed by atoms with Crippen LogP contribution in [0.4, 0.5) is 0 Å². The Morgan fingerprint density at radius 3 is 1.48 bits per heavy atom. The van der Waals surface area contributed by atoms with Crippen molar-refractivity contribution in [1.29, 1.82) is 0 Å². The third-order valence-electron chi connectivity index (χ3n) is 9.19. The molecular formula is C40H22N2. The van der Waals surface area contributed by atoms with Crippen LogP contribution in [0.5, 0.6) is 0 Å². The van der Waals surface area contributed by atoms with Crippen molar-refractivity contribution in [2.24, 2.45) is 0 Å². The molecule has 2 nitrogen and oxygen atoms in total. The molecule has 192 valence electrons. The van der Waals surface area contributed by atoms with Crippen molar-refractivity contribution < 1.29 is 0 Å². The highest BCUT2D eigenvalue weighted by molar-refractivity contribution is 6.26. The number of hydrogen-bond acceptors (Lipinski definition) is 2. The van der Waals surface area contributed by atoms with Gasteiger partial charge in [-0.25, -0.2) is 9.97 Å². The van der Waals surface area contributed by atoms with Crippen LogP contribution in [0.3, 0.4) is 0 Å². The largest absolute Gasteiger partial charge is 0.236 e. The molecular weight excluding hydrogens is 508 g/mol. The number of rotatable bonds is 2. The van der Waals surface area contributed by atoms with Crippen molar-refractivity contribution in [2.45, 2.75) is 0 Å². The number of nitrogens with zero attached hydrogens (tertiary/aromatic N) is 2. The van der Waals surface area contributed by atoms with Crippen molar-refractivity contribution in [1.82, 2.24) is 9.97 Å². The molecule has 10 rings (SSSR count). The number of benzene rings is 8. The molecule has 0 fully saturated rings. The van der Waals surface area contributed by atoms with Gasteiger partial charge in [0.25, 0.3) is 0 Å². The average molecular weight is 531 g/mol. The molecule has 0 aliphatic rings. The first-order valence-corrected chi connectivity index (χ1v) is 14.4. The maximum atomic E-state index is 5.08. The van der Waals surface area contributed by atoms with Gasteiger partial charge in [0.05, 0.1) is 5.69 Å². The summed E-state index contributed by atoms with van der Waals surface area (Å²) in [6.45, 7) is 0. The van der Waals surface area contributed by atoms with Gasteiger partial charge in [-0.05, 0) is 88.4 Å². The van der Waals surface area contributed by atoms with E-state index in [9.17, 15) is 0 Å². The van der Waals surface area contributed by atoms with E-state index in [2.05, 4.69) is 127 Å². The lowest BCUT2D eigenvalue weighted by atomic mass is 9.90. The second-order valence-electron chi connectivity index (χ2n) is 11.4. The fourth-order valence-electron chi connectivity index (χ4n) is 7.25. The minimum absolute atomic E-state index is 0.764. The summed E-state index contributed by atoms with van der Waals surface area (Å²) in [5.74, 6) is 0. The maximum Gasteiger partial charge on any atom is 0.159 e. The first kappa shape index (κ1) is 22.1. The predicted octanol–water partition coefficient (Wildman–Crippen LogP) is 10.8. The predicted molar refractivity (Wildman–Crippen MR) is 178 cm³/mol. The summed E-state index contributed by atoms with van der Waals surface area (Å²) in [7, 11) is 0. The average Bonchev–Trinajstić information content (AvgIpc) is 3.05. The van der Waals surface area contributed by atoms with Crippen molar-refractivity contribution in [3.63, 3.8) is 0 Å². The van der Waals surface area contributed by atoms with E-state index in [0.717, 1.165) is 27.9 Å². The zero-order chi connectivity index (χ0) is 27.4. The lowest BCUT2D eigenvalue weighted by Crippen LogP contribution is -1.92. The second-order valence-corrected chi connectivity index (χ2v) is 11.4. The standard InChI is InChI=1S/C40H22N2/c1-3-23-7-9-27-11-16-31(33-18-13-25(5-1)36(23)38(27)33)30-21-29-15-20-35(42-40(29)41-22-30)32-17-12-28-10-8-24-4-2-6-26-14-19-34(32)39(28)37(24)26/h1-22H. The summed E-state index contributed by atoms with van der Waals surface area (Å²) in [6, 6.07) is 46.4. The molecule has 8 aromatic carbocycles. The first-order chi connectivity index (χ1) is 20.8. The van der Waals surface area contributed by atoms with E-state index in [1.54, 1.807) is 0 Å². The molecule has 10 aromatic rings. The molecule has 42 heavy (non-hydrogen) atoms. The fourth-order valence-corrected chi connectivity index (χ4v) is 7.25. The molecule has 0 spiro atoms. The summed E-state index contributed by atoms with van der Waals surface area (Å²) in [5.41, 5.74) is 5.16. The highest BCUT2D eigenvalue weighted by Gasteiger charge is 2.15. The van der Waals surface area contributed by atoms with Gasteiger partial charge in [-0.3, -0.25) is 0 Å². The fraction of sp³-hybridized carbons (Fsp3) is 0. The molecule has 0 bridgehead atoms. The van der Waals surface area contributed by atoms with Crippen LogP contribution in [0.1, 0.15) is 0 Å². The van der Waals surface area contributed by atoms with Gasteiger partial charge in [0.2, 0.25) is 0 Å². The van der Waals surface area contributed by atoms with Crippen LogP contribution in [0.25, 0.3) is 98.1 Å². The van der Waals surface area contributed by atoms with Crippen LogP contribution in [0.2, 0.25) is 0 Å². The van der Waals surface area contributed by atoms with Gasteiger partial charge in [0.1, 0.15) is 0 Å². The molecule has 2 aromatic heterocycles. The Bertz CT molecular complexity index is 2470. The van der Waals surface area contributed by atoms with Gasteiger partial charge >= 0.3 is 0 Å². The molecule has 0 atom stereocenters. The topological polar surface area (TPSA) is 25.8 Å². The van der Waals surface area contributed by atoms with Gasteiger partial charge in [-0.1, -0.05) is 109 Å². The Balaban J connectivity index is 1.14. The Kier molecular flexibility index (Phi) is 4.21. The van der Waals surface area contributed by atoms with E-state index in [-0.39, 0.29) is 0 Å². The Morgan fingerprint density at radius 1 is 0.381 bits per heavy atom. The van der Waals surface area contributed by atoms with E-state index in [0.29, 0.717) is 0 Å². The molecule has 2 heterocycles. The van der Waals surface area contributed by atoms with Crippen LogP contribution in [0.15, 0.2) is 134 Å². The Labute approximate surface area is 241 Å². The van der Waals surface area contributed by atoms with Gasteiger partial charge in [0, 0.05) is 22.7 Å². The molecule has 2 heteroatoms. The molecule has 0 amide bonds. The monoisotopic (exact) mass is 530 g/mol. The molecule has 0 saturated heterocycles. The summed E-state index contributed by atoms with van der Waals surface area (Å²) in [6.07, 6.45) is 1.98. The number of aromatic nitrogens is 2. The van der Waals surface area contributed by atoms with Crippen LogP contribution < -0.4 is 0 Å². The summed E-state index contributed by atoms with van der Waals surface area (Å²) in [5, 5.41) is 16.5. The molecule has 0 N–H and O–H groups in total. The van der Waals surface area contributed by atoms with Crippen LogP contribution in [-0.4, -0.2) is 9.97 Å². The lowest BCUT2D eigenvalue weighted by molar-refractivity contribution is 1.29. The first-order valence-electron chi connectivity index (χ1n) is 14.4. The van der Waals surface area contributed by atoms with Crippen molar-refractivity contribution in [2.75, 3.05) is 0 Å². The zero-order valence-electron chi connectivity index (χ0n) is 22.6. The minimum atomic E-state index is 0.764. The third kappa shape index (κ3) is 2.93. The Hall–Kier alpha value is -5.60. The van der Waals surface area contributed by atoms with E-state index in [1.807, 2.05) is 6.20 Å². The van der Waals surface area contributed by atoms with Gasteiger partial charge < -0.3 is 0 Å². The van der Waals surface area contributed by atoms with Crippen molar-refractivity contribution in [3.8, 4) is 22.4 Å². The molecule has 0 saturated carbocycles. The van der Waals surface area contributed by atoms with Gasteiger partial charge in [-0.15, -0.1) is 0 Å². The van der Waals surface area contributed by atoms with Gasteiger partial charge in [-0.2, -0.15) is 0 Å². The summed E-state index contributed by atoms with van der Waals surface area (Å²) in [4.78, 5) is 9.98. The summed E-state index contributed by atoms with van der Waals surface area (Å²) < 4.78 is 0. The molecule has 0 aliphatic heterocycles. The summed E-state index contributed by atoms with van der Waals surface area (Å²) >= 11 is 0. The quantitative estimate of drug-likeness (QED) is 0.208. The number of pyridine rings is 2. The zero-order valence-corrected chi connectivity index (χ0v) is 22.6. The number of fused-ring (bicyclic) bond motifs is 1. The highest BCUT2D eigenvalue weighted by Crippen LogP contribution is 2.41.